The van der Waals surface area contributed by atoms with Gasteiger partial charge in [0.05, 0.1) is 10.7 Å². The van der Waals surface area contributed by atoms with Crippen LogP contribution in [0.15, 0.2) is 49.5 Å². The molecule has 0 unspecified atom stereocenters. The summed E-state index contributed by atoms with van der Waals surface area (Å²) in [5, 5.41) is 2.29. The van der Waals surface area contributed by atoms with Gasteiger partial charge in [0, 0.05) is 16.1 Å². The summed E-state index contributed by atoms with van der Waals surface area (Å²) in [5.74, 6) is -1.27. The molecule has 2 aromatic rings. The molecule has 1 aromatic heterocycles. The summed E-state index contributed by atoms with van der Waals surface area (Å²) < 4.78 is 11.6. The minimum Gasteiger partial charge on any atom is -0.457 e. The van der Waals surface area contributed by atoms with E-state index in [1.165, 1.54) is 23.3 Å². The molecule has 2 bridgehead atoms. The van der Waals surface area contributed by atoms with E-state index in [0.717, 1.165) is 25.7 Å². The number of hydrogen-bond acceptors (Lipinski definition) is 6. The van der Waals surface area contributed by atoms with Crippen molar-refractivity contribution >= 4 is 61.8 Å². The molecule has 1 N–H and O–H groups in total. The minimum absolute atomic E-state index is 0.00275. The van der Waals surface area contributed by atoms with Crippen LogP contribution in [-0.4, -0.2) is 34.8 Å². The van der Waals surface area contributed by atoms with Gasteiger partial charge >= 0.3 is 12.0 Å². The number of carbonyl (C=O) groups is 4. The zero-order valence-corrected chi connectivity index (χ0v) is 20.3. The third-order valence-corrected chi connectivity index (χ3v) is 7.47. The van der Waals surface area contributed by atoms with E-state index in [0.29, 0.717) is 20.4 Å². The molecule has 1 aromatic carbocycles. The quantitative estimate of drug-likeness (QED) is 0.245. The summed E-state index contributed by atoms with van der Waals surface area (Å²) in [7, 11) is 0. The number of nitrogens with zero attached hydrogens (tertiary/aromatic N) is 1. The summed E-state index contributed by atoms with van der Waals surface area (Å²) in [6.45, 7) is 0. The zero-order valence-electron chi connectivity index (χ0n) is 17.2. The van der Waals surface area contributed by atoms with E-state index in [1.807, 2.05) is 0 Å². The first kappa shape index (κ1) is 22.1. The average Bonchev–Trinajstić information content (AvgIpc) is 3.51. The van der Waals surface area contributed by atoms with E-state index in [-0.39, 0.29) is 29.0 Å². The molecule has 170 valence electrons. The standard InChI is InChI=1S/C23H18Br2N2O6/c24-14-8-13(19(16(25)10-14)33-22(30)18-2-1-5-32-18)9-15-20(28)26-23(31)27(21(15)29)17-7-11-3-4-12(17)6-11/h1-2,5,8-12,17H,3-4,6-7H2,(H,26,28,31)/b15-9-/t11-,12-,17-/m0/s1. The van der Waals surface area contributed by atoms with Gasteiger partial charge in [0.2, 0.25) is 5.76 Å². The van der Waals surface area contributed by atoms with Gasteiger partial charge in [-0.15, -0.1) is 0 Å². The van der Waals surface area contributed by atoms with E-state index in [9.17, 15) is 19.2 Å². The van der Waals surface area contributed by atoms with Crippen LogP contribution in [-0.2, 0) is 9.59 Å². The van der Waals surface area contributed by atoms with Crippen LogP contribution >= 0.6 is 31.9 Å². The molecule has 33 heavy (non-hydrogen) atoms. The number of fused-ring (bicyclic) bond motifs is 2. The Bertz CT molecular complexity index is 1210. The molecule has 1 aliphatic heterocycles. The van der Waals surface area contributed by atoms with E-state index < -0.39 is 23.8 Å². The SMILES string of the molecule is O=C1NC(=O)N([C@H]2C[C@H]3CC[C@H]2C3)C(=O)/C1=C\c1cc(Br)cc(Br)c1OC(=O)c1ccco1. The maximum absolute atomic E-state index is 13.3. The molecule has 2 heterocycles. The number of barbiturate groups is 1. The Kier molecular flexibility index (Phi) is 5.74. The number of amides is 4. The van der Waals surface area contributed by atoms with Crippen molar-refractivity contribution in [3.63, 3.8) is 0 Å². The Morgan fingerprint density at radius 2 is 2.00 bits per heavy atom. The normalized spacial score (nSPS) is 25.6. The van der Waals surface area contributed by atoms with Crippen molar-refractivity contribution in [2.45, 2.75) is 31.7 Å². The lowest BCUT2D eigenvalue weighted by atomic mass is 9.93. The Hall–Kier alpha value is -2.72. The monoisotopic (exact) mass is 576 g/mol. The largest absolute Gasteiger partial charge is 0.457 e. The molecular formula is C23H18Br2N2O6. The third kappa shape index (κ3) is 4.06. The van der Waals surface area contributed by atoms with Crippen molar-refractivity contribution in [1.29, 1.82) is 0 Å². The van der Waals surface area contributed by atoms with Crippen molar-refractivity contribution in [1.82, 2.24) is 10.2 Å². The highest BCUT2D eigenvalue weighted by Gasteiger charge is 2.49. The van der Waals surface area contributed by atoms with Crippen molar-refractivity contribution in [3.8, 4) is 5.75 Å². The van der Waals surface area contributed by atoms with Crippen LogP contribution in [0.1, 0.15) is 41.8 Å². The number of esters is 1. The highest BCUT2D eigenvalue weighted by Crippen LogP contribution is 2.47. The van der Waals surface area contributed by atoms with Crippen LogP contribution in [0.5, 0.6) is 5.75 Å². The summed E-state index contributed by atoms with van der Waals surface area (Å²) in [4.78, 5) is 52.2. The Balaban J connectivity index is 1.51. The van der Waals surface area contributed by atoms with Crippen LogP contribution in [0.4, 0.5) is 4.79 Å². The second-order valence-corrected chi connectivity index (χ2v) is 10.2. The van der Waals surface area contributed by atoms with Gasteiger partial charge in [-0.05, 0) is 77.4 Å². The maximum Gasteiger partial charge on any atom is 0.379 e. The zero-order chi connectivity index (χ0) is 23.3. The van der Waals surface area contributed by atoms with Gasteiger partial charge in [-0.25, -0.2) is 9.59 Å². The number of furan rings is 1. The minimum atomic E-state index is -0.788. The lowest BCUT2D eigenvalue weighted by Gasteiger charge is -2.35. The second-order valence-electron chi connectivity index (χ2n) is 8.41. The Morgan fingerprint density at radius 1 is 1.18 bits per heavy atom. The molecule has 2 saturated carbocycles. The molecule has 1 saturated heterocycles. The predicted molar refractivity (Wildman–Crippen MR) is 123 cm³/mol. The molecule has 5 rings (SSSR count). The lowest BCUT2D eigenvalue weighted by Crippen LogP contribution is -2.58. The third-order valence-electron chi connectivity index (χ3n) is 6.42. The van der Waals surface area contributed by atoms with Crippen LogP contribution in [0, 0.1) is 11.8 Å². The van der Waals surface area contributed by atoms with Crippen molar-refractivity contribution < 1.29 is 28.3 Å². The van der Waals surface area contributed by atoms with Crippen LogP contribution in [0.25, 0.3) is 6.08 Å². The first-order valence-corrected chi connectivity index (χ1v) is 12.1. The van der Waals surface area contributed by atoms with Gasteiger partial charge in [0.25, 0.3) is 11.8 Å². The second kappa shape index (κ2) is 8.57. The predicted octanol–water partition coefficient (Wildman–Crippen LogP) is 4.67. The highest BCUT2D eigenvalue weighted by molar-refractivity contribution is 9.11. The van der Waals surface area contributed by atoms with Crippen LogP contribution in [0.3, 0.4) is 0 Å². The van der Waals surface area contributed by atoms with E-state index in [1.54, 1.807) is 18.2 Å². The average molecular weight is 578 g/mol. The van der Waals surface area contributed by atoms with Crippen LogP contribution < -0.4 is 10.1 Å². The van der Waals surface area contributed by atoms with Gasteiger partial charge in [-0.2, -0.15) is 0 Å². The van der Waals surface area contributed by atoms with Crippen molar-refractivity contribution in [2.24, 2.45) is 11.8 Å². The summed E-state index contributed by atoms with van der Waals surface area (Å²) in [6.07, 6.45) is 6.54. The number of imide groups is 2. The molecule has 4 amide bonds. The Morgan fingerprint density at radius 3 is 2.67 bits per heavy atom. The first-order valence-electron chi connectivity index (χ1n) is 10.5. The molecule has 8 nitrogen and oxygen atoms in total. The molecule has 0 radical (unpaired) electrons. The number of nitrogens with one attached hydrogen (secondary N) is 1. The summed E-state index contributed by atoms with van der Waals surface area (Å²) >= 11 is 6.74. The lowest BCUT2D eigenvalue weighted by molar-refractivity contribution is -0.132. The maximum atomic E-state index is 13.3. The number of hydrogen-bond donors (Lipinski definition) is 1. The van der Waals surface area contributed by atoms with Gasteiger partial charge in [0.15, 0.2) is 5.75 Å². The first-order chi connectivity index (χ1) is 15.8. The molecule has 10 heteroatoms. The van der Waals surface area contributed by atoms with Crippen molar-refractivity contribution in [2.75, 3.05) is 0 Å². The number of carbonyl (C=O) groups excluding carboxylic acids is 4. The van der Waals surface area contributed by atoms with E-state index in [4.69, 9.17) is 9.15 Å². The van der Waals surface area contributed by atoms with Gasteiger partial charge in [-0.3, -0.25) is 19.8 Å². The molecule has 2 aliphatic carbocycles. The van der Waals surface area contributed by atoms with Gasteiger partial charge in [-0.1, -0.05) is 22.4 Å². The molecule has 3 atom stereocenters. The number of ether oxygens (including phenoxy) is 1. The number of rotatable bonds is 4. The van der Waals surface area contributed by atoms with E-state index in [2.05, 4.69) is 37.2 Å². The molecule has 3 aliphatic rings. The van der Waals surface area contributed by atoms with Crippen LogP contribution in [0.2, 0.25) is 0 Å². The topological polar surface area (TPSA) is 106 Å². The van der Waals surface area contributed by atoms with E-state index >= 15 is 0 Å². The molecular weight excluding hydrogens is 560 g/mol. The Labute approximate surface area is 205 Å². The summed E-state index contributed by atoms with van der Waals surface area (Å²) in [6, 6.07) is 5.41. The number of benzene rings is 1. The molecule has 3 fully saturated rings. The molecule has 0 spiro atoms. The smallest absolute Gasteiger partial charge is 0.379 e. The fourth-order valence-corrected chi connectivity index (χ4v) is 6.33. The van der Waals surface area contributed by atoms with Gasteiger partial charge < -0.3 is 9.15 Å². The van der Waals surface area contributed by atoms with Crippen molar-refractivity contribution in [3.05, 3.63) is 56.4 Å². The number of urea groups is 1. The fourth-order valence-electron chi connectivity index (χ4n) is 4.99. The fraction of sp³-hybridized carbons (Fsp3) is 0.304. The highest BCUT2D eigenvalue weighted by atomic mass is 79.9. The van der Waals surface area contributed by atoms with Gasteiger partial charge in [0.1, 0.15) is 5.57 Å². The number of halogens is 2. The summed E-state index contributed by atoms with van der Waals surface area (Å²) in [5.41, 5.74) is 0.106.